The highest BCUT2D eigenvalue weighted by atomic mass is 15.2. The number of nitrogens with zero attached hydrogens (tertiary/aromatic N) is 1. The summed E-state index contributed by atoms with van der Waals surface area (Å²) < 4.78 is 0. The van der Waals surface area contributed by atoms with Crippen LogP contribution in [-0.2, 0) is 0 Å². The molecule has 1 aromatic rings. The van der Waals surface area contributed by atoms with Gasteiger partial charge in [-0.2, -0.15) is 0 Å². The van der Waals surface area contributed by atoms with Crippen LogP contribution in [0.4, 0.5) is 11.4 Å². The predicted octanol–water partition coefficient (Wildman–Crippen LogP) is 2.36. The highest BCUT2D eigenvalue weighted by Gasteiger charge is 2.25. The molecule has 1 fully saturated rings. The van der Waals surface area contributed by atoms with Crippen molar-refractivity contribution in [3.63, 3.8) is 0 Å². The van der Waals surface area contributed by atoms with Gasteiger partial charge in [0.2, 0.25) is 0 Å². The summed E-state index contributed by atoms with van der Waals surface area (Å²) in [6.45, 7) is 6.95. The number of benzene rings is 1. The van der Waals surface area contributed by atoms with Gasteiger partial charge >= 0.3 is 0 Å². The molecule has 0 aromatic heterocycles. The van der Waals surface area contributed by atoms with Crippen LogP contribution in [0, 0.1) is 11.8 Å². The molecule has 2 rings (SSSR count). The summed E-state index contributed by atoms with van der Waals surface area (Å²) in [5.74, 6) is 1.58. The number of rotatable bonds is 1. The van der Waals surface area contributed by atoms with Crippen molar-refractivity contribution < 1.29 is 0 Å². The Morgan fingerprint density at radius 3 is 2.43 bits per heavy atom. The van der Waals surface area contributed by atoms with Crippen LogP contribution in [0.15, 0.2) is 24.3 Å². The van der Waals surface area contributed by atoms with Gasteiger partial charge in [0.15, 0.2) is 0 Å². The van der Waals surface area contributed by atoms with Crippen LogP contribution >= 0.6 is 0 Å². The van der Waals surface area contributed by atoms with Crippen LogP contribution in [0.3, 0.4) is 0 Å². The zero-order valence-corrected chi connectivity index (χ0v) is 8.90. The Labute approximate surface area is 85.7 Å². The van der Waals surface area contributed by atoms with E-state index in [1.807, 2.05) is 12.1 Å². The first kappa shape index (κ1) is 9.38. The minimum Gasteiger partial charge on any atom is -0.399 e. The van der Waals surface area contributed by atoms with Gasteiger partial charge in [0.1, 0.15) is 0 Å². The molecule has 0 aliphatic carbocycles. The molecule has 2 N–H and O–H groups in total. The molecule has 0 spiro atoms. The quantitative estimate of drug-likeness (QED) is 0.689. The van der Waals surface area contributed by atoms with Crippen molar-refractivity contribution in [3.05, 3.63) is 24.3 Å². The van der Waals surface area contributed by atoms with Crippen molar-refractivity contribution in [2.45, 2.75) is 13.8 Å². The molecule has 14 heavy (non-hydrogen) atoms. The summed E-state index contributed by atoms with van der Waals surface area (Å²) >= 11 is 0. The van der Waals surface area contributed by atoms with E-state index in [2.05, 4.69) is 30.9 Å². The second kappa shape index (κ2) is 3.52. The molecule has 1 saturated heterocycles. The molecule has 76 valence electrons. The van der Waals surface area contributed by atoms with Crippen LogP contribution in [0.25, 0.3) is 0 Å². The molecule has 1 heterocycles. The predicted molar refractivity (Wildman–Crippen MR) is 61.4 cm³/mol. The monoisotopic (exact) mass is 190 g/mol. The van der Waals surface area contributed by atoms with Gasteiger partial charge in [0, 0.05) is 24.5 Å². The number of hydrogen-bond donors (Lipinski definition) is 1. The minimum atomic E-state index is 0.788. The Morgan fingerprint density at radius 1 is 1.21 bits per heavy atom. The van der Waals surface area contributed by atoms with E-state index >= 15 is 0 Å². The fraction of sp³-hybridized carbons (Fsp3) is 0.500. The molecular weight excluding hydrogens is 172 g/mol. The van der Waals surface area contributed by atoms with Crippen LogP contribution in [0.5, 0.6) is 0 Å². The molecular formula is C12H18N2. The summed E-state index contributed by atoms with van der Waals surface area (Å²) in [7, 11) is 0. The normalized spacial score (nSPS) is 26.9. The van der Waals surface area contributed by atoms with Crippen molar-refractivity contribution in [1.82, 2.24) is 0 Å². The van der Waals surface area contributed by atoms with Gasteiger partial charge in [-0.05, 0) is 30.0 Å². The highest BCUT2D eigenvalue weighted by Crippen LogP contribution is 2.28. The lowest BCUT2D eigenvalue weighted by atomic mass is 10.0. The minimum absolute atomic E-state index is 0.788. The van der Waals surface area contributed by atoms with Crippen molar-refractivity contribution in [3.8, 4) is 0 Å². The molecule has 1 aromatic carbocycles. The fourth-order valence-corrected chi connectivity index (χ4v) is 2.06. The van der Waals surface area contributed by atoms with E-state index in [1.165, 1.54) is 5.69 Å². The third-order valence-corrected chi connectivity index (χ3v) is 3.22. The summed E-state index contributed by atoms with van der Waals surface area (Å²) in [6, 6.07) is 8.16. The smallest absolute Gasteiger partial charge is 0.0387 e. The van der Waals surface area contributed by atoms with Crippen molar-refractivity contribution in [1.29, 1.82) is 0 Å². The zero-order chi connectivity index (χ0) is 10.1. The van der Waals surface area contributed by atoms with Gasteiger partial charge in [-0.1, -0.05) is 19.9 Å². The summed E-state index contributed by atoms with van der Waals surface area (Å²) in [5.41, 5.74) is 7.89. The van der Waals surface area contributed by atoms with E-state index in [0.29, 0.717) is 0 Å². The van der Waals surface area contributed by atoms with Crippen molar-refractivity contribution in [2.24, 2.45) is 11.8 Å². The lowest BCUT2D eigenvalue weighted by molar-refractivity contribution is 0.494. The standard InChI is InChI=1S/C12H18N2/c1-9-7-14(8-10(9)2)12-5-3-4-11(13)6-12/h3-6,9-10H,7-8,13H2,1-2H3. The third-order valence-electron chi connectivity index (χ3n) is 3.22. The molecule has 2 heteroatoms. The molecule has 2 unspecified atom stereocenters. The average Bonchev–Trinajstić information content (AvgIpc) is 2.47. The van der Waals surface area contributed by atoms with Gasteiger partial charge in [-0.25, -0.2) is 0 Å². The molecule has 2 atom stereocenters. The first-order valence-electron chi connectivity index (χ1n) is 5.27. The number of anilines is 2. The fourth-order valence-electron chi connectivity index (χ4n) is 2.06. The number of nitrogens with two attached hydrogens (primary N) is 1. The lowest BCUT2D eigenvalue weighted by Gasteiger charge is -2.18. The second-order valence-electron chi connectivity index (χ2n) is 4.45. The van der Waals surface area contributed by atoms with Crippen LogP contribution in [0.1, 0.15) is 13.8 Å². The van der Waals surface area contributed by atoms with Gasteiger partial charge in [0.25, 0.3) is 0 Å². The van der Waals surface area contributed by atoms with Crippen LogP contribution in [0.2, 0.25) is 0 Å². The van der Waals surface area contributed by atoms with E-state index in [1.54, 1.807) is 0 Å². The van der Waals surface area contributed by atoms with E-state index in [0.717, 1.165) is 30.6 Å². The number of hydrogen-bond acceptors (Lipinski definition) is 2. The Kier molecular flexibility index (Phi) is 2.36. The van der Waals surface area contributed by atoms with E-state index in [-0.39, 0.29) is 0 Å². The molecule has 1 aliphatic rings. The van der Waals surface area contributed by atoms with Gasteiger partial charge in [-0.15, -0.1) is 0 Å². The molecule has 0 radical (unpaired) electrons. The molecule has 0 saturated carbocycles. The first-order valence-corrected chi connectivity index (χ1v) is 5.27. The van der Waals surface area contributed by atoms with E-state index in [9.17, 15) is 0 Å². The van der Waals surface area contributed by atoms with Crippen LogP contribution < -0.4 is 10.6 Å². The Balaban J connectivity index is 2.17. The van der Waals surface area contributed by atoms with Gasteiger partial charge < -0.3 is 10.6 Å². The maximum atomic E-state index is 5.77. The summed E-state index contributed by atoms with van der Waals surface area (Å²) in [4.78, 5) is 2.42. The Morgan fingerprint density at radius 2 is 1.86 bits per heavy atom. The SMILES string of the molecule is CC1CN(c2cccc(N)c2)CC1C. The molecule has 0 bridgehead atoms. The Hall–Kier alpha value is -1.18. The van der Waals surface area contributed by atoms with Gasteiger partial charge in [0.05, 0.1) is 0 Å². The van der Waals surface area contributed by atoms with Crippen molar-refractivity contribution in [2.75, 3.05) is 23.7 Å². The topological polar surface area (TPSA) is 29.3 Å². The van der Waals surface area contributed by atoms with E-state index < -0.39 is 0 Å². The second-order valence-corrected chi connectivity index (χ2v) is 4.45. The molecule has 2 nitrogen and oxygen atoms in total. The zero-order valence-electron chi connectivity index (χ0n) is 8.90. The Bertz CT molecular complexity index is 312. The highest BCUT2D eigenvalue weighted by molar-refractivity contribution is 5.56. The first-order chi connectivity index (χ1) is 6.66. The summed E-state index contributed by atoms with van der Waals surface area (Å²) in [5, 5.41) is 0. The summed E-state index contributed by atoms with van der Waals surface area (Å²) in [6.07, 6.45) is 0. The van der Waals surface area contributed by atoms with E-state index in [4.69, 9.17) is 5.73 Å². The average molecular weight is 190 g/mol. The number of nitrogen functional groups attached to an aromatic ring is 1. The van der Waals surface area contributed by atoms with Crippen LogP contribution in [-0.4, -0.2) is 13.1 Å². The largest absolute Gasteiger partial charge is 0.399 e. The van der Waals surface area contributed by atoms with Crippen molar-refractivity contribution >= 4 is 11.4 Å². The maximum absolute atomic E-state index is 5.77. The lowest BCUT2D eigenvalue weighted by Crippen LogP contribution is -2.19. The maximum Gasteiger partial charge on any atom is 0.0387 e. The third kappa shape index (κ3) is 1.69. The molecule has 1 aliphatic heterocycles. The van der Waals surface area contributed by atoms with Gasteiger partial charge in [-0.3, -0.25) is 0 Å². The molecule has 0 amide bonds.